The molecule has 0 saturated carbocycles. The monoisotopic (exact) mass is 238 g/mol. The Kier molecular flexibility index (Phi) is 4.89. The van der Waals surface area contributed by atoms with Crippen LogP contribution in [0.25, 0.3) is 6.08 Å². The summed E-state index contributed by atoms with van der Waals surface area (Å²) in [4.78, 5) is 0. The maximum absolute atomic E-state index is 9.33. The Hall–Kier alpha value is -0.943. The Labute approximate surface area is 97.6 Å². The molecule has 0 unspecified atom stereocenters. The first-order valence-corrected chi connectivity index (χ1v) is 7.35. The molecule has 0 aliphatic rings. The van der Waals surface area contributed by atoms with Crippen molar-refractivity contribution in [1.29, 1.82) is 0 Å². The highest BCUT2D eigenvalue weighted by Crippen LogP contribution is 2.14. The van der Waals surface area contributed by atoms with E-state index >= 15 is 0 Å². The topological polar surface area (TPSA) is 38.7 Å². The first kappa shape index (κ1) is 13.1. The number of benzene rings is 1. The molecule has 0 bridgehead atoms. The predicted octanol–water partition coefficient (Wildman–Crippen LogP) is 1.68. The molecule has 0 fully saturated rings. The van der Waals surface area contributed by atoms with Crippen molar-refractivity contribution in [2.24, 2.45) is 0 Å². The van der Waals surface area contributed by atoms with Gasteiger partial charge >= 0.3 is 8.56 Å². The van der Waals surface area contributed by atoms with Gasteiger partial charge in [-0.3, -0.25) is 0 Å². The molecule has 0 amide bonds. The smallest absolute Gasteiger partial charge is 0.368 e. The third kappa shape index (κ3) is 3.02. The maximum Gasteiger partial charge on any atom is 0.368 e. The van der Waals surface area contributed by atoms with Gasteiger partial charge in [-0.2, -0.15) is 0 Å². The fourth-order valence-corrected chi connectivity index (χ4v) is 3.18. The van der Waals surface area contributed by atoms with Crippen molar-refractivity contribution in [3.8, 4) is 0 Å². The minimum absolute atomic E-state index is 0.0385. The van der Waals surface area contributed by atoms with Crippen molar-refractivity contribution in [2.75, 3.05) is 20.4 Å². The van der Waals surface area contributed by atoms with Crippen LogP contribution >= 0.6 is 0 Å². The van der Waals surface area contributed by atoms with Crippen molar-refractivity contribution in [2.45, 2.75) is 6.04 Å². The Morgan fingerprint density at radius 3 is 2.19 bits per heavy atom. The average Bonchev–Trinajstić information content (AvgIpc) is 2.37. The Morgan fingerprint density at radius 2 is 1.81 bits per heavy atom. The van der Waals surface area contributed by atoms with E-state index < -0.39 is 8.56 Å². The zero-order valence-corrected chi connectivity index (χ0v) is 10.8. The molecule has 1 aromatic carbocycles. The van der Waals surface area contributed by atoms with E-state index in [0.29, 0.717) is 6.04 Å². The third-order valence-electron chi connectivity index (χ3n) is 2.67. The summed E-state index contributed by atoms with van der Waals surface area (Å²) in [5.41, 5.74) is 2.19. The van der Waals surface area contributed by atoms with Gasteiger partial charge in [0.15, 0.2) is 0 Å². The van der Waals surface area contributed by atoms with Crippen LogP contribution in [0.2, 0.25) is 0 Å². The van der Waals surface area contributed by atoms with Crippen LogP contribution in [0.15, 0.2) is 30.8 Å². The maximum atomic E-state index is 9.33. The van der Waals surface area contributed by atoms with E-state index in [4.69, 9.17) is 8.85 Å². The molecule has 0 saturated heterocycles. The van der Waals surface area contributed by atoms with E-state index in [1.807, 2.05) is 24.3 Å². The summed E-state index contributed by atoms with van der Waals surface area (Å²) in [5.74, 6) is 0. The molecule has 0 atom stereocenters. The van der Waals surface area contributed by atoms with Crippen LogP contribution in [0.5, 0.6) is 0 Å². The summed E-state index contributed by atoms with van der Waals surface area (Å²) in [6.45, 7) is 3.70. The van der Waals surface area contributed by atoms with Gasteiger partial charge in [0.1, 0.15) is 0 Å². The standard InChI is InChI=1S/C12H18O3Si/c1-4-11-5-7-12(8-6-11)9-16(10-13,14-2)15-3/h4-8,13H,1,9-10H2,2-3H3. The quantitative estimate of drug-likeness (QED) is 0.766. The van der Waals surface area contributed by atoms with Gasteiger partial charge in [0.05, 0.1) is 6.23 Å². The van der Waals surface area contributed by atoms with E-state index in [1.165, 1.54) is 0 Å². The summed E-state index contributed by atoms with van der Waals surface area (Å²) in [6, 6.07) is 8.64. The minimum atomic E-state index is -2.46. The minimum Gasteiger partial charge on any atom is -0.396 e. The lowest BCUT2D eigenvalue weighted by Crippen LogP contribution is -2.47. The highest BCUT2D eigenvalue weighted by Gasteiger charge is 2.35. The number of hydrogen-bond donors (Lipinski definition) is 1. The molecule has 0 aliphatic heterocycles. The van der Waals surface area contributed by atoms with E-state index in [-0.39, 0.29) is 6.23 Å². The molecule has 0 spiro atoms. The highest BCUT2D eigenvalue weighted by molar-refractivity contribution is 6.66. The predicted molar refractivity (Wildman–Crippen MR) is 67.1 cm³/mol. The lowest BCUT2D eigenvalue weighted by atomic mass is 10.1. The van der Waals surface area contributed by atoms with Crippen LogP contribution in [0.4, 0.5) is 0 Å². The van der Waals surface area contributed by atoms with Crippen LogP contribution in [0.3, 0.4) is 0 Å². The van der Waals surface area contributed by atoms with Crippen molar-refractivity contribution in [3.05, 3.63) is 42.0 Å². The van der Waals surface area contributed by atoms with Crippen LogP contribution in [0.1, 0.15) is 11.1 Å². The van der Waals surface area contributed by atoms with Crippen molar-refractivity contribution < 1.29 is 14.0 Å². The first-order valence-electron chi connectivity index (χ1n) is 5.12. The molecular formula is C12H18O3Si. The Morgan fingerprint density at radius 1 is 1.25 bits per heavy atom. The van der Waals surface area contributed by atoms with Gasteiger partial charge in [0.25, 0.3) is 0 Å². The molecule has 0 aromatic heterocycles. The van der Waals surface area contributed by atoms with Crippen LogP contribution < -0.4 is 0 Å². The van der Waals surface area contributed by atoms with Crippen LogP contribution in [-0.2, 0) is 14.9 Å². The average molecular weight is 238 g/mol. The molecule has 1 rings (SSSR count). The van der Waals surface area contributed by atoms with Gasteiger partial charge in [-0.05, 0) is 11.1 Å². The number of rotatable bonds is 6. The van der Waals surface area contributed by atoms with Gasteiger partial charge < -0.3 is 14.0 Å². The van der Waals surface area contributed by atoms with Crippen LogP contribution in [0, 0.1) is 0 Å². The molecule has 0 heterocycles. The van der Waals surface area contributed by atoms with Gasteiger partial charge in [-0.25, -0.2) is 0 Å². The highest BCUT2D eigenvalue weighted by atomic mass is 28.4. The Balaban J connectivity index is 2.81. The summed E-state index contributed by atoms with van der Waals surface area (Å²) < 4.78 is 10.7. The first-order chi connectivity index (χ1) is 7.69. The Bertz CT molecular complexity index is 322. The molecule has 1 aromatic rings. The van der Waals surface area contributed by atoms with Crippen molar-refractivity contribution in [1.82, 2.24) is 0 Å². The summed E-state index contributed by atoms with van der Waals surface area (Å²) in [5, 5.41) is 9.33. The summed E-state index contributed by atoms with van der Waals surface area (Å²) in [6.07, 6.45) is 1.76. The van der Waals surface area contributed by atoms with E-state index in [0.717, 1.165) is 11.1 Å². The zero-order chi connectivity index (χ0) is 12.0. The number of aliphatic hydroxyl groups excluding tert-OH is 1. The molecule has 4 heteroatoms. The van der Waals surface area contributed by atoms with E-state index in [9.17, 15) is 5.11 Å². The molecule has 0 radical (unpaired) electrons. The van der Waals surface area contributed by atoms with Crippen LogP contribution in [-0.4, -0.2) is 34.1 Å². The number of hydrogen-bond acceptors (Lipinski definition) is 3. The second kappa shape index (κ2) is 5.96. The normalized spacial score (nSPS) is 11.4. The van der Waals surface area contributed by atoms with Gasteiger partial charge in [0, 0.05) is 20.3 Å². The number of aliphatic hydroxyl groups is 1. The van der Waals surface area contributed by atoms with E-state index in [2.05, 4.69) is 6.58 Å². The molecule has 0 aliphatic carbocycles. The lowest BCUT2D eigenvalue weighted by molar-refractivity contribution is 0.196. The molecule has 1 N–H and O–H groups in total. The summed E-state index contributed by atoms with van der Waals surface area (Å²) in [7, 11) is 0.719. The summed E-state index contributed by atoms with van der Waals surface area (Å²) >= 11 is 0. The van der Waals surface area contributed by atoms with E-state index in [1.54, 1.807) is 20.3 Å². The fourth-order valence-electron chi connectivity index (χ4n) is 1.50. The van der Waals surface area contributed by atoms with Gasteiger partial charge in [-0.1, -0.05) is 36.9 Å². The molecule has 88 valence electrons. The molecule has 3 nitrogen and oxygen atoms in total. The van der Waals surface area contributed by atoms with Crippen molar-refractivity contribution >= 4 is 14.6 Å². The zero-order valence-electron chi connectivity index (χ0n) is 9.77. The largest absolute Gasteiger partial charge is 0.396 e. The second-order valence-corrected chi connectivity index (χ2v) is 6.91. The third-order valence-corrected chi connectivity index (χ3v) is 5.59. The second-order valence-electron chi connectivity index (χ2n) is 3.60. The molecule has 16 heavy (non-hydrogen) atoms. The SMILES string of the molecule is C=Cc1ccc(C[Si](CO)(OC)OC)cc1. The van der Waals surface area contributed by atoms with Gasteiger partial charge in [0.2, 0.25) is 0 Å². The van der Waals surface area contributed by atoms with Gasteiger partial charge in [-0.15, -0.1) is 0 Å². The van der Waals surface area contributed by atoms with Crippen molar-refractivity contribution in [3.63, 3.8) is 0 Å². The lowest BCUT2D eigenvalue weighted by Gasteiger charge is -2.25. The fraction of sp³-hybridized carbons (Fsp3) is 0.333. The molecular weight excluding hydrogens is 220 g/mol.